The summed E-state index contributed by atoms with van der Waals surface area (Å²) in [5.74, 6) is -0.174. The number of hydrogen-bond donors (Lipinski definition) is 1. The minimum Gasteiger partial charge on any atom is -0.344 e. The Morgan fingerprint density at radius 3 is 2.42 bits per heavy atom. The third kappa shape index (κ3) is 3.39. The Bertz CT molecular complexity index is 240. The molecule has 0 saturated carbocycles. The predicted molar refractivity (Wildman–Crippen MR) is 53.1 cm³/mol. The van der Waals surface area contributed by atoms with E-state index in [9.17, 15) is 4.39 Å². The zero-order chi connectivity index (χ0) is 7.56. The lowest BCUT2D eigenvalue weighted by Crippen LogP contribution is -1.85. The summed E-state index contributed by atoms with van der Waals surface area (Å²) < 4.78 is 12.7. The number of halogens is 3. The molecule has 0 aliphatic carbocycles. The molecule has 0 aromatic heterocycles. The molecule has 70 valence electrons. The van der Waals surface area contributed by atoms with E-state index in [2.05, 4.69) is 0 Å². The molecular weight excluding hydrogens is 200 g/mol. The zero-order valence-electron chi connectivity index (χ0n) is 6.81. The van der Waals surface area contributed by atoms with E-state index in [0.717, 1.165) is 0 Å². The van der Waals surface area contributed by atoms with Crippen LogP contribution in [0.4, 0.5) is 4.39 Å². The van der Waals surface area contributed by atoms with Crippen molar-refractivity contribution < 1.29 is 4.39 Å². The molecule has 0 unspecified atom stereocenters. The Morgan fingerprint density at radius 2 is 2.00 bits per heavy atom. The van der Waals surface area contributed by atoms with E-state index in [1.165, 1.54) is 6.07 Å². The number of hydrogen-bond acceptors (Lipinski definition) is 1. The van der Waals surface area contributed by atoms with Crippen LogP contribution in [-0.4, -0.2) is 0 Å². The van der Waals surface area contributed by atoms with Gasteiger partial charge in [-0.05, 0) is 30.2 Å². The second kappa shape index (κ2) is 6.23. The smallest absolute Gasteiger partial charge is 0.126 e. The van der Waals surface area contributed by atoms with Crippen LogP contribution in [0.15, 0.2) is 18.2 Å². The molecule has 0 aliphatic heterocycles. The summed E-state index contributed by atoms with van der Waals surface area (Å²) in [6, 6.07) is 4.59. The quantitative estimate of drug-likeness (QED) is 0.757. The average Bonchev–Trinajstić information content (AvgIpc) is 1.94. The standard InChI is InChI=1S/C8H8ClF.ClH.H3N/c1-2-6-5-7(9)3-4-8(6)10;;/h3-5H,2H2,1H3;1H;1H3. The molecule has 1 aromatic carbocycles. The first-order valence-electron chi connectivity index (χ1n) is 3.18. The Kier molecular flexibility index (Phi) is 7.39. The van der Waals surface area contributed by atoms with Crippen molar-refractivity contribution in [3.05, 3.63) is 34.6 Å². The minimum atomic E-state index is -0.174. The highest BCUT2D eigenvalue weighted by Gasteiger charge is 1.98. The second-order valence-electron chi connectivity index (χ2n) is 2.09. The lowest BCUT2D eigenvalue weighted by molar-refractivity contribution is 0.612. The topological polar surface area (TPSA) is 35.0 Å². The van der Waals surface area contributed by atoms with E-state index in [0.29, 0.717) is 17.0 Å². The van der Waals surface area contributed by atoms with Gasteiger partial charge in [0.2, 0.25) is 0 Å². The van der Waals surface area contributed by atoms with Crippen LogP contribution in [0.3, 0.4) is 0 Å². The summed E-state index contributed by atoms with van der Waals surface area (Å²) in [6.45, 7) is 1.90. The van der Waals surface area contributed by atoms with Crippen molar-refractivity contribution in [3.63, 3.8) is 0 Å². The molecule has 0 radical (unpaired) electrons. The molecule has 1 nitrogen and oxygen atoms in total. The molecule has 0 heterocycles. The Morgan fingerprint density at radius 1 is 1.42 bits per heavy atom. The maximum Gasteiger partial charge on any atom is 0.126 e. The summed E-state index contributed by atoms with van der Waals surface area (Å²) in [5, 5.41) is 0.596. The normalized spacial score (nSPS) is 8.25. The Balaban J connectivity index is 0. The lowest BCUT2D eigenvalue weighted by atomic mass is 10.2. The van der Waals surface area contributed by atoms with E-state index in [-0.39, 0.29) is 24.4 Å². The van der Waals surface area contributed by atoms with Crippen molar-refractivity contribution in [2.24, 2.45) is 0 Å². The zero-order valence-corrected chi connectivity index (χ0v) is 8.38. The van der Waals surface area contributed by atoms with Crippen LogP contribution in [0.2, 0.25) is 5.02 Å². The minimum absolute atomic E-state index is 0. The number of aryl methyl sites for hydroxylation is 1. The highest BCUT2D eigenvalue weighted by atomic mass is 35.5. The first kappa shape index (κ1) is 14.2. The predicted octanol–water partition coefficient (Wildman–Crippen LogP) is 3.63. The molecule has 0 amide bonds. The summed E-state index contributed by atoms with van der Waals surface area (Å²) >= 11 is 5.63. The van der Waals surface area contributed by atoms with Crippen molar-refractivity contribution >= 4 is 24.0 Å². The van der Waals surface area contributed by atoms with Crippen LogP contribution in [0.1, 0.15) is 12.5 Å². The van der Waals surface area contributed by atoms with E-state index in [1.54, 1.807) is 12.1 Å². The first-order chi connectivity index (χ1) is 4.74. The van der Waals surface area contributed by atoms with Gasteiger partial charge in [0.05, 0.1) is 0 Å². The third-order valence-electron chi connectivity index (χ3n) is 1.39. The van der Waals surface area contributed by atoms with Crippen molar-refractivity contribution in [2.75, 3.05) is 0 Å². The van der Waals surface area contributed by atoms with Crippen LogP contribution in [0, 0.1) is 5.82 Å². The van der Waals surface area contributed by atoms with Gasteiger partial charge < -0.3 is 6.15 Å². The molecule has 4 heteroatoms. The van der Waals surface area contributed by atoms with Crippen molar-refractivity contribution in [1.82, 2.24) is 6.15 Å². The molecule has 0 aliphatic rings. The summed E-state index contributed by atoms with van der Waals surface area (Å²) in [4.78, 5) is 0. The van der Waals surface area contributed by atoms with Gasteiger partial charge in [0.15, 0.2) is 0 Å². The summed E-state index contributed by atoms with van der Waals surface area (Å²) in [6.07, 6.45) is 0.687. The van der Waals surface area contributed by atoms with Crippen LogP contribution in [0.5, 0.6) is 0 Å². The Labute approximate surface area is 82.9 Å². The third-order valence-corrected chi connectivity index (χ3v) is 1.62. The largest absolute Gasteiger partial charge is 0.344 e. The second-order valence-corrected chi connectivity index (χ2v) is 2.53. The fourth-order valence-corrected chi connectivity index (χ4v) is 1.01. The molecule has 0 atom stereocenters. The van der Waals surface area contributed by atoms with E-state index in [4.69, 9.17) is 11.6 Å². The maximum absolute atomic E-state index is 12.7. The molecule has 1 aromatic rings. The molecule has 0 fully saturated rings. The van der Waals surface area contributed by atoms with Gasteiger partial charge in [-0.15, -0.1) is 12.4 Å². The van der Waals surface area contributed by atoms with Crippen molar-refractivity contribution in [2.45, 2.75) is 13.3 Å². The van der Waals surface area contributed by atoms with E-state index < -0.39 is 0 Å². The molecule has 1 rings (SSSR count). The van der Waals surface area contributed by atoms with Gasteiger partial charge in [0, 0.05) is 5.02 Å². The van der Waals surface area contributed by atoms with Crippen molar-refractivity contribution in [1.29, 1.82) is 0 Å². The number of rotatable bonds is 1. The van der Waals surface area contributed by atoms with Gasteiger partial charge in [-0.2, -0.15) is 0 Å². The fourth-order valence-electron chi connectivity index (χ4n) is 0.814. The van der Waals surface area contributed by atoms with Crippen LogP contribution >= 0.6 is 24.0 Å². The molecular formula is C8H12Cl2FN. The maximum atomic E-state index is 12.7. The monoisotopic (exact) mass is 211 g/mol. The lowest BCUT2D eigenvalue weighted by Gasteiger charge is -1.97. The molecule has 0 bridgehead atoms. The summed E-state index contributed by atoms with van der Waals surface area (Å²) in [5.41, 5.74) is 0.674. The van der Waals surface area contributed by atoms with Crippen LogP contribution < -0.4 is 6.15 Å². The van der Waals surface area contributed by atoms with Gasteiger partial charge in [0.1, 0.15) is 5.82 Å². The first-order valence-corrected chi connectivity index (χ1v) is 3.55. The van der Waals surface area contributed by atoms with Crippen LogP contribution in [0.25, 0.3) is 0 Å². The molecule has 0 spiro atoms. The van der Waals surface area contributed by atoms with E-state index in [1.807, 2.05) is 6.92 Å². The fraction of sp³-hybridized carbons (Fsp3) is 0.250. The van der Waals surface area contributed by atoms with Crippen molar-refractivity contribution in [3.8, 4) is 0 Å². The van der Waals surface area contributed by atoms with Crippen LogP contribution in [-0.2, 0) is 6.42 Å². The molecule has 3 N–H and O–H groups in total. The SMILES string of the molecule is CCc1cc(Cl)ccc1F.Cl.N. The molecule has 12 heavy (non-hydrogen) atoms. The van der Waals surface area contributed by atoms with Gasteiger partial charge >= 0.3 is 0 Å². The highest BCUT2D eigenvalue weighted by molar-refractivity contribution is 6.30. The highest BCUT2D eigenvalue weighted by Crippen LogP contribution is 2.14. The number of benzene rings is 1. The summed E-state index contributed by atoms with van der Waals surface area (Å²) in [7, 11) is 0. The van der Waals surface area contributed by atoms with Gasteiger partial charge in [-0.3, -0.25) is 0 Å². The molecule has 0 saturated heterocycles. The average molecular weight is 212 g/mol. The Hall–Kier alpha value is -0.310. The van der Waals surface area contributed by atoms with Gasteiger partial charge in [0.25, 0.3) is 0 Å². The van der Waals surface area contributed by atoms with Gasteiger partial charge in [-0.1, -0.05) is 18.5 Å². The van der Waals surface area contributed by atoms with E-state index >= 15 is 0 Å². The van der Waals surface area contributed by atoms with Gasteiger partial charge in [-0.25, -0.2) is 4.39 Å².